The van der Waals surface area contributed by atoms with Gasteiger partial charge in [-0.2, -0.15) is 0 Å². The normalized spacial score (nSPS) is 27.4. The van der Waals surface area contributed by atoms with Gasteiger partial charge in [-0.25, -0.2) is 4.98 Å². The van der Waals surface area contributed by atoms with Gasteiger partial charge in [-0.15, -0.1) is 0 Å². The molecule has 2 aliphatic rings. The van der Waals surface area contributed by atoms with Crippen molar-refractivity contribution in [2.45, 2.75) is 13.0 Å². The van der Waals surface area contributed by atoms with Gasteiger partial charge in [0.1, 0.15) is 5.82 Å². The van der Waals surface area contributed by atoms with Crippen LogP contribution >= 0.6 is 11.6 Å². The first kappa shape index (κ1) is 15.0. The molecule has 0 saturated carbocycles. The quantitative estimate of drug-likeness (QED) is 0.836. The lowest BCUT2D eigenvalue weighted by atomic mass is 9.88. The van der Waals surface area contributed by atoms with Gasteiger partial charge in [0.05, 0.1) is 5.02 Å². The Labute approximate surface area is 142 Å². The number of aromatic nitrogens is 1. The Bertz CT molecular complexity index is 700. The summed E-state index contributed by atoms with van der Waals surface area (Å²) in [5.74, 6) is 2.43. The number of pyridine rings is 1. The molecule has 1 aromatic heterocycles. The fourth-order valence-electron chi connectivity index (χ4n) is 4.39. The van der Waals surface area contributed by atoms with Crippen molar-refractivity contribution < 1.29 is 0 Å². The van der Waals surface area contributed by atoms with E-state index in [9.17, 15) is 0 Å². The lowest BCUT2D eigenvalue weighted by Crippen LogP contribution is -2.29. The van der Waals surface area contributed by atoms with Gasteiger partial charge in [0.15, 0.2) is 0 Å². The molecule has 2 fully saturated rings. The van der Waals surface area contributed by atoms with Gasteiger partial charge < -0.3 is 4.90 Å². The Morgan fingerprint density at radius 2 is 1.91 bits per heavy atom. The van der Waals surface area contributed by atoms with Crippen LogP contribution in [-0.4, -0.2) is 36.6 Å². The highest BCUT2D eigenvalue weighted by atomic mass is 35.5. The van der Waals surface area contributed by atoms with Gasteiger partial charge >= 0.3 is 0 Å². The maximum absolute atomic E-state index is 5.97. The van der Waals surface area contributed by atoms with Crippen LogP contribution in [0.4, 0.5) is 5.82 Å². The number of likely N-dealkylation sites (tertiary alicyclic amines) is 1. The first-order chi connectivity index (χ1) is 11.1. The summed E-state index contributed by atoms with van der Waals surface area (Å²) >= 11 is 5.97. The van der Waals surface area contributed by atoms with Crippen molar-refractivity contribution in [3.63, 3.8) is 0 Å². The molecule has 0 unspecified atom stereocenters. The molecule has 4 rings (SSSR count). The second-order valence-corrected chi connectivity index (χ2v) is 7.34. The third-order valence-corrected chi connectivity index (χ3v) is 5.66. The number of halogens is 1. The van der Waals surface area contributed by atoms with Crippen LogP contribution in [0.3, 0.4) is 0 Å². The summed E-state index contributed by atoms with van der Waals surface area (Å²) < 4.78 is 0. The third-order valence-electron chi connectivity index (χ3n) is 5.44. The van der Waals surface area contributed by atoms with Crippen LogP contribution < -0.4 is 4.90 Å². The molecule has 3 heterocycles. The van der Waals surface area contributed by atoms with E-state index in [1.54, 1.807) is 6.20 Å². The SMILES string of the molecule is Cc1ccccc1[C@@H]1[C@@H]2CN(c3ccc(Cl)cn3)C[C@@H]2CN1C. The predicted octanol–water partition coefficient (Wildman–Crippen LogP) is 3.78. The first-order valence-electron chi connectivity index (χ1n) is 8.26. The Hall–Kier alpha value is -1.58. The number of hydrogen-bond donors (Lipinski definition) is 0. The second-order valence-electron chi connectivity index (χ2n) is 6.90. The molecule has 4 heteroatoms. The summed E-state index contributed by atoms with van der Waals surface area (Å²) in [6.07, 6.45) is 1.75. The first-order valence-corrected chi connectivity index (χ1v) is 8.63. The predicted molar refractivity (Wildman–Crippen MR) is 95.0 cm³/mol. The standard InChI is InChI=1S/C19H22ClN3/c1-13-5-3-4-6-16(13)19-17-12-23(11-14(17)10-22(19)2)18-8-7-15(20)9-21-18/h3-9,14,17,19H,10-12H2,1-2H3/t14-,17+,19+/m0/s1. The molecule has 3 atom stereocenters. The monoisotopic (exact) mass is 327 g/mol. The molecule has 1 aromatic carbocycles. The Kier molecular flexibility index (Phi) is 3.78. The van der Waals surface area contributed by atoms with Gasteiger partial charge in [0, 0.05) is 37.8 Å². The van der Waals surface area contributed by atoms with Crippen LogP contribution in [0.15, 0.2) is 42.6 Å². The van der Waals surface area contributed by atoms with E-state index in [1.807, 2.05) is 12.1 Å². The van der Waals surface area contributed by atoms with E-state index in [2.05, 4.69) is 53.0 Å². The molecule has 0 radical (unpaired) electrons. The molecule has 0 N–H and O–H groups in total. The molecule has 0 aliphatic carbocycles. The summed E-state index contributed by atoms with van der Waals surface area (Å²) in [4.78, 5) is 9.45. The molecule has 0 spiro atoms. The van der Waals surface area contributed by atoms with Crippen molar-refractivity contribution in [3.05, 3.63) is 58.7 Å². The summed E-state index contributed by atoms with van der Waals surface area (Å²) in [6, 6.07) is 13.3. The number of nitrogens with zero attached hydrogens (tertiary/aromatic N) is 3. The van der Waals surface area contributed by atoms with E-state index < -0.39 is 0 Å². The molecule has 0 amide bonds. The van der Waals surface area contributed by atoms with Gasteiger partial charge in [-0.3, -0.25) is 4.90 Å². The maximum atomic E-state index is 5.97. The topological polar surface area (TPSA) is 19.4 Å². The fourth-order valence-corrected chi connectivity index (χ4v) is 4.50. The molecule has 3 nitrogen and oxygen atoms in total. The lowest BCUT2D eigenvalue weighted by molar-refractivity contribution is 0.279. The van der Waals surface area contributed by atoms with Gasteiger partial charge in [0.25, 0.3) is 0 Å². The van der Waals surface area contributed by atoms with Crippen LogP contribution in [0.1, 0.15) is 17.2 Å². The highest BCUT2D eigenvalue weighted by Gasteiger charge is 2.46. The zero-order valence-corrected chi connectivity index (χ0v) is 14.4. The molecule has 2 aromatic rings. The van der Waals surface area contributed by atoms with Crippen molar-refractivity contribution in [3.8, 4) is 0 Å². The van der Waals surface area contributed by atoms with Gasteiger partial charge in [-0.05, 0) is 43.1 Å². The van der Waals surface area contributed by atoms with E-state index in [0.29, 0.717) is 22.9 Å². The molecular weight excluding hydrogens is 306 g/mol. The minimum Gasteiger partial charge on any atom is -0.356 e. The van der Waals surface area contributed by atoms with Crippen LogP contribution in [0.2, 0.25) is 5.02 Å². The van der Waals surface area contributed by atoms with Crippen molar-refractivity contribution >= 4 is 17.4 Å². The van der Waals surface area contributed by atoms with E-state index in [-0.39, 0.29) is 0 Å². The van der Waals surface area contributed by atoms with Crippen LogP contribution in [0, 0.1) is 18.8 Å². The molecule has 2 aliphatic heterocycles. The Morgan fingerprint density at radius 1 is 1.09 bits per heavy atom. The summed E-state index contributed by atoms with van der Waals surface area (Å²) in [6.45, 7) is 5.55. The average Bonchev–Trinajstić information content (AvgIpc) is 3.06. The summed E-state index contributed by atoms with van der Waals surface area (Å²) in [5.41, 5.74) is 2.88. The zero-order chi connectivity index (χ0) is 16.0. The maximum Gasteiger partial charge on any atom is 0.128 e. The molecule has 2 saturated heterocycles. The highest BCUT2D eigenvalue weighted by molar-refractivity contribution is 6.30. The number of benzene rings is 1. The fraction of sp³-hybridized carbons (Fsp3) is 0.421. The summed E-state index contributed by atoms with van der Waals surface area (Å²) in [5, 5.41) is 0.700. The zero-order valence-electron chi connectivity index (χ0n) is 13.6. The number of hydrogen-bond acceptors (Lipinski definition) is 3. The van der Waals surface area contributed by atoms with Crippen molar-refractivity contribution in [2.24, 2.45) is 11.8 Å². The minimum absolute atomic E-state index is 0.513. The Morgan fingerprint density at radius 3 is 2.65 bits per heavy atom. The Balaban J connectivity index is 1.60. The number of aryl methyl sites for hydroxylation is 1. The number of fused-ring (bicyclic) bond motifs is 1. The summed E-state index contributed by atoms with van der Waals surface area (Å²) in [7, 11) is 2.26. The smallest absolute Gasteiger partial charge is 0.128 e. The number of rotatable bonds is 2. The lowest BCUT2D eigenvalue weighted by Gasteiger charge is -2.28. The average molecular weight is 328 g/mol. The van der Waals surface area contributed by atoms with Gasteiger partial charge in [0.2, 0.25) is 0 Å². The third kappa shape index (κ3) is 2.62. The van der Waals surface area contributed by atoms with Crippen LogP contribution in [-0.2, 0) is 0 Å². The van der Waals surface area contributed by atoms with Crippen LogP contribution in [0.5, 0.6) is 0 Å². The molecular formula is C19H22ClN3. The van der Waals surface area contributed by atoms with Gasteiger partial charge in [-0.1, -0.05) is 35.9 Å². The van der Waals surface area contributed by atoms with Crippen molar-refractivity contribution in [1.82, 2.24) is 9.88 Å². The minimum atomic E-state index is 0.513. The van der Waals surface area contributed by atoms with Crippen molar-refractivity contribution in [2.75, 3.05) is 31.6 Å². The molecule has 23 heavy (non-hydrogen) atoms. The molecule has 120 valence electrons. The van der Waals surface area contributed by atoms with E-state index in [1.165, 1.54) is 11.1 Å². The second kappa shape index (κ2) is 5.81. The van der Waals surface area contributed by atoms with Crippen molar-refractivity contribution in [1.29, 1.82) is 0 Å². The van der Waals surface area contributed by atoms with Crippen LogP contribution in [0.25, 0.3) is 0 Å². The van der Waals surface area contributed by atoms with E-state index in [4.69, 9.17) is 11.6 Å². The molecule has 0 bridgehead atoms. The van der Waals surface area contributed by atoms with E-state index >= 15 is 0 Å². The highest BCUT2D eigenvalue weighted by Crippen LogP contribution is 2.45. The largest absolute Gasteiger partial charge is 0.356 e. The van der Waals surface area contributed by atoms with E-state index in [0.717, 1.165) is 25.5 Å². The number of anilines is 1.